The number of rotatable bonds is 3. The van der Waals surface area contributed by atoms with Crippen molar-refractivity contribution in [2.75, 3.05) is 0 Å². The summed E-state index contributed by atoms with van der Waals surface area (Å²) in [7, 11) is 0. The van der Waals surface area contributed by atoms with Crippen LogP contribution in [0.4, 0.5) is 19.0 Å². The molecule has 0 atom stereocenters. The van der Waals surface area contributed by atoms with Crippen LogP contribution in [0.2, 0.25) is 0 Å². The average molecular weight is 412 g/mol. The minimum atomic E-state index is -4.44. The molecule has 0 amide bonds. The number of nitrogens with zero attached hydrogens (tertiary/aromatic N) is 2. The number of aliphatic imine (C=N–C) groups is 1. The summed E-state index contributed by atoms with van der Waals surface area (Å²) in [5, 5.41) is 11.0. The molecule has 0 fully saturated rings. The molecule has 0 radical (unpaired) electrons. The molecule has 8 heteroatoms. The highest BCUT2D eigenvalue weighted by molar-refractivity contribution is 9.10. The van der Waals surface area contributed by atoms with Crippen molar-refractivity contribution in [3.05, 3.63) is 52.1 Å². The summed E-state index contributed by atoms with van der Waals surface area (Å²) in [5.74, 6) is 0.106. The fourth-order valence-corrected chi connectivity index (χ4v) is 2.87. The highest BCUT2D eigenvalue weighted by Gasteiger charge is 2.30. The number of fused-ring (bicyclic) bond motifs is 1. The van der Waals surface area contributed by atoms with Gasteiger partial charge in [-0.2, -0.15) is 13.2 Å². The topological polar surface area (TPSA) is 61.3 Å². The molecule has 130 valence electrons. The van der Waals surface area contributed by atoms with E-state index in [1.165, 1.54) is 6.07 Å². The van der Waals surface area contributed by atoms with Gasteiger partial charge in [0.25, 0.3) is 0 Å². The van der Waals surface area contributed by atoms with Crippen LogP contribution in [0.1, 0.15) is 24.5 Å². The summed E-state index contributed by atoms with van der Waals surface area (Å²) in [5.41, 5.74) is 0.940. The third-order valence-corrected chi connectivity index (χ3v) is 4.18. The molecule has 2 heterocycles. The molecule has 4 nitrogen and oxygen atoms in total. The summed E-state index contributed by atoms with van der Waals surface area (Å²) in [6, 6.07) is 7.63. The van der Waals surface area contributed by atoms with Crippen molar-refractivity contribution in [1.29, 1.82) is 0 Å². The number of hydrogen-bond acceptors (Lipinski definition) is 3. The predicted molar refractivity (Wildman–Crippen MR) is 93.4 cm³/mol. The van der Waals surface area contributed by atoms with Crippen molar-refractivity contribution in [2.45, 2.75) is 19.5 Å². The van der Waals surface area contributed by atoms with Gasteiger partial charge in [-0.25, -0.2) is 9.98 Å². The van der Waals surface area contributed by atoms with E-state index in [1.54, 1.807) is 0 Å². The number of aromatic hydroxyl groups is 1. The average Bonchev–Trinajstić information content (AvgIpc) is 2.87. The third kappa shape index (κ3) is 3.53. The lowest BCUT2D eigenvalue weighted by Gasteiger charge is -2.07. The van der Waals surface area contributed by atoms with Crippen molar-refractivity contribution in [2.24, 2.45) is 4.99 Å². The summed E-state index contributed by atoms with van der Waals surface area (Å²) in [6.45, 7) is 1.85. The molecular weight excluding hydrogens is 399 g/mol. The number of halogens is 4. The quantitative estimate of drug-likeness (QED) is 0.552. The summed E-state index contributed by atoms with van der Waals surface area (Å²) in [6.07, 6.45) is -3.22. The Bertz CT molecular complexity index is 946. The van der Waals surface area contributed by atoms with Crippen LogP contribution in [-0.4, -0.2) is 20.8 Å². The van der Waals surface area contributed by atoms with E-state index in [2.05, 4.69) is 30.9 Å². The molecule has 0 unspecified atom stereocenters. The Morgan fingerprint density at radius 3 is 2.64 bits per heavy atom. The van der Waals surface area contributed by atoms with Gasteiger partial charge in [0, 0.05) is 21.6 Å². The van der Waals surface area contributed by atoms with Crippen molar-refractivity contribution >= 4 is 38.4 Å². The van der Waals surface area contributed by atoms with E-state index in [9.17, 15) is 18.3 Å². The zero-order valence-corrected chi connectivity index (χ0v) is 14.6. The molecule has 3 rings (SSSR count). The number of alkyl halides is 3. The molecule has 0 saturated heterocycles. The molecule has 0 aliphatic heterocycles. The lowest BCUT2D eigenvalue weighted by Crippen LogP contribution is -2.05. The highest BCUT2D eigenvalue weighted by Crippen LogP contribution is 2.32. The monoisotopic (exact) mass is 411 g/mol. The van der Waals surface area contributed by atoms with Crippen molar-refractivity contribution in [3.8, 4) is 5.88 Å². The van der Waals surface area contributed by atoms with Gasteiger partial charge in [-0.1, -0.05) is 22.9 Å². The van der Waals surface area contributed by atoms with E-state index in [-0.39, 0.29) is 11.7 Å². The zero-order chi connectivity index (χ0) is 18.2. The van der Waals surface area contributed by atoms with Crippen LogP contribution in [0.5, 0.6) is 5.88 Å². The van der Waals surface area contributed by atoms with E-state index in [0.717, 1.165) is 27.6 Å². The van der Waals surface area contributed by atoms with Crippen LogP contribution in [0, 0.1) is 0 Å². The second-order valence-electron chi connectivity index (χ2n) is 5.35. The standard InChI is InChI=1S/C17H13BrF3N3O/c1-2-12(23-14-6-3-9(8-22-14)17(19,20)21)15-11-7-10(18)4-5-13(11)24-16(15)25/h3-8,24-25H,2H2,1H3. The maximum absolute atomic E-state index is 12.6. The fourth-order valence-electron chi connectivity index (χ4n) is 2.51. The Labute approximate surface area is 149 Å². The van der Waals surface area contributed by atoms with Gasteiger partial charge in [0.2, 0.25) is 0 Å². The maximum Gasteiger partial charge on any atom is 0.417 e. The number of aromatic nitrogens is 2. The highest BCUT2D eigenvalue weighted by atomic mass is 79.9. The van der Waals surface area contributed by atoms with Gasteiger partial charge < -0.3 is 10.1 Å². The first-order chi connectivity index (χ1) is 11.8. The Balaban J connectivity index is 2.07. The van der Waals surface area contributed by atoms with E-state index >= 15 is 0 Å². The maximum atomic E-state index is 12.6. The smallest absolute Gasteiger partial charge is 0.417 e. The van der Waals surface area contributed by atoms with Gasteiger partial charge in [0.05, 0.1) is 16.8 Å². The number of aromatic amines is 1. The van der Waals surface area contributed by atoms with Gasteiger partial charge in [0.15, 0.2) is 11.7 Å². The molecule has 0 aliphatic rings. The van der Waals surface area contributed by atoms with Gasteiger partial charge in [-0.05, 0) is 36.8 Å². The minimum Gasteiger partial charge on any atom is -0.494 e. The zero-order valence-electron chi connectivity index (χ0n) is 13.0. The molecule has 0 aliphatic carbocycles. The summed E-state index contributed by atoms with van der Waals surface area (Å²) < 4.78 is 38.7. The number of hydrogen-bond donors (Lipinski definition) is 2. The number of nitrogens with one attached hydrogen (secondary N) is 1. The van der Waals surface area contributed by atoms with Crippen LogP contribution >= 0.6 is 15.9 Å². The fraction of sp³-hybridized carbons (Fsp3) is 0.176. The minimum absolute atomic E-state index is 0.0411. The van der Waals surface area contributed by atoms with Crippen LogP contribution in [-0.2, 0) is 6.18 Å². The van der Waals surface area contributed by atoms with Crippen LogP contribution in [0.25, 0.3) is 10.9 Å². The van der Waals surface area contributed by atoms with Crippen LogP contribution in [0.15, 0.2) is 46.0 Å². The molecule has 0 spiro atoms. The molecule has 1 aromatic carbocycles. The number of pyridine rings is 1. The molecule has 25 heavy (non-hydrogen) atoms. The first kappa shape index (κ1) is 17.5. The van der Waals surface area contributed by atoms with E-state index in [1.807, 2.05) is 25.1 Å². The Kier molecular flexibility index (Phi) is 4.55. The predicted octanol–water partition coefficient (Wildman–Crippen LogP) is 5.58. The van der Waals surface area contributed by atoms with Crippen molar-refractivity contribution in [1.82, 2.24) is 9.97 Å². The van der Waals surface area contributed by atoms with E-state index in [0.29, 0.717) is 17.7 Å². The van der Waals surface area contributed by atoms with E-state index < -0.39 is 11.7 Å². The molecule has 2 N–H and O–H groups in total. The molecule has 0 saturated carbocycles. The van der Waals surface area contributed by atoms with Crippen LogP contribution < -0.4 is 0 Å². The van der Waals surface area contributed by atoms with E-state index in [4.69, 9.17) is 0 Å². The lowest BCUT2D eigenvalue weighted by atomic mass is 10.1. The molecular formula is C17H13BrF3N3O. The second kappa shape index (κ2) is 6.51. The Hall–Kier alpha value is -2.35. The summed E-state index contributed by atoms with van der Waals surface area (Å²) in [4.78, 5) is 11.0. The Morgan fingerprint density at radius 1 is 1.28 bits per heavy atom. The SMILES string of the molecule is CCC(=Nc1ccc(C(F)(F)F)cn1)c1c(O)[nH]c2ccc(Br)cc12. The molecule has 3 aromatic rings. The largest absolute Gasteiger partial charge is 0.494 e. The van der Waals surface area contributed by atoms with Crippen LogP contribution in [0.3, 0.4) is 0 Å². The van der Waals surface area contributed by atoms with Crippen molar-refractivity contribution in [3.63, 3.8) is 0 Å². The lowest BCUT2D eigenvalue weighted by molar-refractivity contribution is -0.137. The second-order valence-corrected chi connectivity index (χ2v) is 6.27. The first-order valence-electron chi connectivity index (χ1n) is 7.41. The van der Waals surface area contributed by atoms with Gasteiger partial charge in [0.1, 0.15) is 0 Å². The van der Waals surface area contributed by atoms with Gasteiger partial charge >= 0.3 is 6.18 Å². The number of benzene rings is 1. The first-order valence-corrected chi connectivity index (χ1v) is 8.20. The normalized spacial score (nSPS) is 12.8. The number of H-pyrrole nitrogens is 1. The molecule has 2 aromatic heterocycles. The molecule has 0 bridgehead atoms. The van der Waals surface area contributed by atoms with Gasteiger partial charge in [-0.3, -0.25) is 0 Å². The van der Waals surface area contributed by atoms with Crippen molar-refractivity contribution < 1.29 is 18.3 Å². The summed E-state index contributed by atoms with van der Waals surface area (Å²) >= 11 is 3.39. The Morgan fingerprint density at radius 2 is 2.04 bits per heavy atom. The third-order valence-electron chi connectivity index (χ3n) is 3.69. The van der Waals surface area contributed by atoms with Gasteiger partial charge in [-0.15, -0.1) is 0 Å².